The predicted octanol–water partition coefficient (Wildman–Crippen LogP) is 3.24. The Morgan fingerprint density at radius 1 is 1.24 bits per heavy atom. The molecule has 1 atom stereocenters. The molecule has 3 aromatic rings. The molecule has 1 aliphatic rings. The van der Waals surface area contributed by atoms with Crippen LogP contribution in [0.3, 0.4) is 0 Å². The van der Waals surface area contributed by atoms with E-state index in [2.05, 4.69) is 25.3 Å². The van der Waals surface area contributed by atoms with E-state index in [1.165, 1.54) is 0 Å². The zero-order valence-corrected chi connectivity index (χ0v) is 16.5. The quantitative estimate of drug-likeness (QED) is 0.675. The molecule has 29 heavy (non-hydrogen) atoms. The summed E-state index contributed by atoms with van der Waals surface area (Å²) in [7, 11) is 0. The number of anilines is 1. The van der Waals surface area contributed by atoms with Gasteiger partial charge < -0.3 is 14.7 Å². The lowest BCUT2D eigenvalue weighted by Crippen LogP contribution is -2.37. The van der Waals surface area contributed by atoms with Crippen molar-refractivity contribution in [3.05, 3.63) is 65.6 Å². The third-order valence-corrected chi connectivity index (χ3v) is 4.91. The Morgan fingerprint density at radius 2 is 2.07 bits per heavy atom. The van der Waals surface area contributed by atoms with Crippen LogP contribution >= 0.6 is 0 Å². The zero-order chi connectivity index (χ0) is 20.2. The van der Waals surface area contributed by atoms with Crippen LogP contribution in [-0.2, 0) is 4.79 Å². The van der Waals surface area contributed by atoms with Crippen molar-refractivity contribution < 1.29 is 9.32 Å². The molecule has 2 aromatic heterocycles. The van der Waals surface area contributed by atoms with E-state index in [9.17, 15) is 4.79 Å². The van der Waals surface area contributed by atoms with E-state index >= 15 is 0 Å². The summed E-state index contributed by atoms with van der Waals surface area (Å²) in [4.78, 5) is 23.4. The molecule has 0 bridgehead atoms. The second kappa shape index (κ2) is 8.26. The number of hydrogen-bond donors (Lipinski definition) is 1. The fourth-order valence-electron chi connectivity index (χ4n) is 3.36. The smallest absolute Gasteiger partial charge is 0.259 e. The molecule has 0 radical (unpaired) electrons. The van der Waals surface area contributed by atoms with E-state index in [4.69, 9.17) is 4.52 Å². The van der Waals surface area contributed by atoms with E-state index in [1.54, 1.807) is 13.1 Å². The normalized spacial score (nSPS) is 16.8. The number of carbonyl (C=O) groups excluding carboxylic acids is 1. The van der Waals surface area contributed by atoms with Crippen LogP contribution in [0, 0.1) is 6.92 Å². The van der Waals surface area contributed by atoms with Gasteiger partial charge in [0.05, 0.1) is 5.56 Å². The molecule has 1 aliphatic heterocycles. The van der Waals surface area contributed by atoms with E-state index in [0.29, 0.717) is 17.3 Å². The highest BCUT2D eigenvalue weighted by molar-refractivity contribution is 5.97. The number of amides is 1. The first-order valence-electron chi connectivity index (χ1n) is 9.64. The fraction of sp³-hybridized carbons (Fsp3) is 0.273. The van der Waals surface area contributed by atoms with Crippen LogP contribution in [0.25, 0.3) is 17.5 Å². The van der Waals surface area contributed by atoms with E-state index in [1.807, 2.05) is 55.5 Å². The van der Waals surface area contributed by atoms with Crippen molar-refractivity contribution in [1.82, 2.24) is 20.4 Å². The van der Waals surface area contributed by atoms with Crippen molar-refractivity contribution in [2.75, 3.05) is 18.0 Å². The van der Waals surface area contributed by atoms with Gasteiger partial charge in [-0.1, -0.05) is 35.5 Å². The molecule has 0 spiro atoms. The summed E-state index contributed by atoms with van der Waals surface area (Å²) in [6.45, 7) is 5.20. The topological polar surface area (TPSA) is 84.2 Å². The van der Waals surface area contributed by atoms with Crippen molar-refractivity contribution >= 4 is 17.8 Å². The van der Waals surface area contributed by atoms with Gasteiger partial charge in [0, 0.05) is 30.9 Å². The van der Waals surface area contributed by atoms with Gasteiger partial charge in [-0.2, -0.15) is 4.98 Å². The highest BCUT2D eigenvalue weighted by Crippen LogP contribution is 2.22. The van der Waals surface area contributed by atoms with E-state index in [0.717, 1.165) is 36.5 Å². The zero-order valence-electron chi connectivity index (χ0n) is 16.5. The fourth-order valence-corrected chi connectivity index (χ4v) is 3.36. The van der Waals surface area contributed by atoms with Gasteiger partial charge in [-0.05, 0) is 44.0 Å². The number of carbonyl (C=O) groups is 1. The molecule has 0 unspecified atom stereocenters. The summed E-state index contributed by atoms with van der Waals surface area (Å²) in [6, 6.07) is 13.8. The van der Waals surface area contributed by atoms with Gasteiger partial charge in [0.2, 0.25) is 5.91 Å². The number of benzene rings is 1. The molecule has 148 valence electrons. The first-order valence-corrected chi connectivity index (χ1v) is 9.64. The maximum atomic E-state index is 12.5. The number of pyridine rings is 1. The monoisotopic (exact) mass is 389 g/mol. The second-order valence-electron chi connectivity index (χ2n) is 7.19. The Bertz CT molecular complexity index is 1010. The van der Waals surface area contributed by atoms with Gasteiger partial charge in [0.1, 0.15) is 5.82 Å². The highest BCUT2D eigenvalue weighted by Gasteiger charge is 2.25. The van der Waals surface area contributed by atoms with Crippen molar-refractivity contribution in [3.63, 3.8) is 0 Å². The molecule has 1 N–H and O–H groups in total. The standard InChI is InChI=1S/C22H23N5O2/c1-15(12-17-6-4-3-5-7-17)21(28)25-19-10-11-27(14-19)20-9-8-18(13-23-20)22-24-16(2)26-29-22/h3-9,12-13,19H,10-11,14H2,1-2H3,(H,25,28)/b15-12+/t19-/m1/s1. The minimum atomic E-state index is -0.0317. The van der Waals surface area contributed by atoms with Crippen LogP contribution in [0.15, 0.2) is 58.8 Å². The van der Waals surface area contributed by atoms with Crippen molar-refractivity contribution in [2.24, 2.45) is 0 Å². The second-order valence-corrected chi connectivity index (χ2v) is 7.19. The average Bonchev–Trinajstić information content (AvgIpc) is 3.38. The average molecular weight is 389 g/mol. The summed E-state index contributed by atoms with van der Waals surface area (Å²) < 4.78 is 5.17. The first kappa shape index (κ1) is 18.9. The lowest BCUT2D eigenvalue weighted by Gasteiger charge is -2.18. The molecule has 1 fully saturated rings. The number of nitrogens with zero attached hydrogens (tertiary/aromatic N) is 4. The minimum absolute atomic E-state index is 0.0317. The molecule has 1 aromatic carbocycles. The number of hydrogen-bond acceptors (Lipinski definition) is 6. The first-order chi connectivity index (χ1) is 14.1. The third-order valence-electron chi connectivity index (χ3n) is 4.91. The molecule has 7 heteroatoms. The molecule has 0 saturated carbocycles. The van der Waals surface area contributed by atoms with Gasteiger partial charge in [-0.15, -0.1) is 0 Å². The summed E-state index contributed by atoms with van der Waals surface area (Å²) in [5.41, 5.74) is 2.51. The Morgan fingerprint density at radius 3 is 2.76 bits per heavy atom. The number of aromatic nitrogens is 3. The Balaban J connectivity index is 1.35. The van der Waals surface area contributed by atoms with Gasteiger partial charge >= 0.3 is 0 Å². The maximum Gasteiger partial charge on any atom is 0.259 e. The van der Waals surface area contributed by atoms with E-state index < -0.39 is 0 Å². The van der Waals surface area contributed by atoms with Crippen LogP contribution in [0.2, 0.25) is 0 Å². The van der Waals surface area contributed by atoms with Gasteiger partial charge in [-0.3, -0.25) is 4.79 Å². The van der Waals surface area contributed by atoms with Crippen LogP contribution < -0.4 is 10.2 Å². The Hall–Kier alpha value is -3.48. The van der Waals surface area contributed by atoms with Crippen LogP contribution in [0.4, 0.5) is 5.82 Å². The SMILES string of the molecule is C/C(=C\c1ccccc1)C(=O)N[C@@H]1CCN(c2ccc(-c3nc(C)no3)cn2)C1. The van der Waals surface area contributed by atoms with Crippen LogP contribution in [0.1, 0.15) is 24.7 Å². The number of aryl methyl sites for hydroxylation is 1. The minimum Gasteiger partial charge on any atom is -0.354 e. The lowest BCUT2D eigenvalue weighted by molar-refractivity contribution is -0.117. The molecule has 7 nitrogen and oxygen atoms in total. The molecular weight excluding hydrogens is 366 g/mol. The third kappa shape index (κ3) is 4.51. The van der Waals surface area contributed by atoms with Crippen LogP contribution in [0.5, 0.6) is 0 Å². The molecule has 1 saturated heterocycles. The maximum absolute atomic E-state index is 12.5. The van der Waals surface area contributed by atoms with E-state index in [-0.39, 0.29) is 11.9 Å². The summed E-state index contributed by atoms with van der Waals surface area (Å²) >= 11 is 0. The van der Waals surface area contributed by atoms with Gasteiger partial charge in [0.15, 0.2) is 5.82 Å². The Labute approximate surface area is 169 Å². The van der Waals surface area contributed by atoms with Gasteiger partial charge in [0.25, 0.3) is 5.89 Å². The van der Waals surface area contributed by atoms with Crippen molar-refractivity contribution in [3.8, 4) is 11.5 Å². The highest BCUT2D eigenvalue weighted by atomic mass is 16.5. The molecule has 0 aliphatic carbocycles. The predicted molar refractivity (Wildman–Crippen MR) is 111 cm³/mol. The van der Waals surface area contributed by atoms with Gasteiger partial charge in [-0.25, -0.2) is 4.98 Å². The number of rotatable bonds is 5. The largest absolute Gasteiger partial charge is 0.354 e. The lowest BCUT2D eigenvalue weighted by atomic mass is 10.1. The molecule has 1 amide bonds. The summed E-state index contributed by atoms with van der Waals surface area (Å²) in [5.74, 6) is 1.90. The molecule has 3 heterocycles. The van der Waals surface area contributed by atoms with Crippen molar-refractivity contribution in [2.45, 2.75) is 26.3 Å². The van der Waals surface area contributed by atoms with Crippen molar-refractivity contribution in [1.29, 1.82) is 0 Å². The number of nitrogens with one attached hydrogen (secondary N) is 1. The molecular formula is C22H23N5O2. The molecule has 4 rings (SSSR count). The summed E-state index contributed by atoms with van der Waals surface area (Å²) in [6.07, 6.45) is 4.53. The van der Waals surface area contributed by atoms with Crippen LogP contribution in [-0.4, -0.2) is 40.2 Å². The summed E-state index contributed by atoms with van der Waals surface area (Å²) in [5, 5.41) is 6.93. The Kier molecular flexibility index (Phi) is 5.37.